The van der Waals surface area contributed by atoms with Crippen LogP contribution in [0.3, 0.4) is 0 Å². The fraction of sp³-hybridized carbons (Fsp3) is 0.538. The van der Waals surface area contributed by atoms with Gasteiger partial charge in [-0.05, 0) is 87.2 Å². The summed E-state index contributed by atoms with van der Waals surface area (Å²) in [6.45, 7) is 4.57. The molecular weight excluding hydrogens is 450 g/mol. The molecule has 2 saturated heterocycles. The van der Waals surface area contributed by atoms with Crippen molar-refractivity contribution in [3.63, 3.8) is 0 Å². The van der Waals surface area contributed by atoms with Crippen LogP contribution in [0.25, 0.3) is 0 Å². The molecule has 5 nitrogen and oxygen atoms in total. The smallest absolute Gasteiger partial charge is 0.239 e. The maximum atomic E-state index is 13.7. The number of thiophene rings is 1. The number of piperidine rings is 2. The van der Waals surface area contributed by atoms with Crippen LogP contribution >= 0.6 is 23.1 Å². The third-order valence-electron chi connectivity index (χ3n) is 6.97. The zero-order valence-electron chi connectivity index (χ0n) is 19.2. The topological polar surface area (TPSA) is 52.7 Å². The van der Waals surface area contributed by atoms with Crippen LogP contribution in [-0.4, -0.2) is 55.1 Å². The lowest BCUT2D eigenvalue weighted by atomic mass is 9.98. The summed E-state index contributed by atoms with van der Waals surface area (Å²) in [7, 11) is 0. The highest BCUT2D eigenvalue weighted by molar-refractivity contribution is 7.98. The number of hydrogen-bond acceptors (Lipinski definition) is 6. The van der Waals surface area contributed by atoms with Gasteiger partial charge in [-0.3, -0.25) is 14.5 Å². The standard InChI is InChI=1S/C26H33N3O2S2/c30-23(17-28-12-3-1-4-13-28)27-26-24(21-11-16-32-18-22(21)33-26)25(31)19-7-9-20(10-8-19)29-14-5-2-6-15-29/h7-10H,1-6,11-18H2,(H,27,30). The Labute approximate surface area is 204 Å². The summed E-state index contributed by atoms with van der Waals surface area (Å²) >= 11 is 3.51. The second-order valence-corrected chi connectivity index (χ2v) is 11.5. The predicted octanol–water partition coefficient (Wildman–Crippen LogP) is 5.18. The monoisotopic (exact) mass is 483 g/mol. The minimum atomic E-state index is -0.00218. The molecule has 0 unspecified atom stereocenters. The molecule has 176 valence electrons. The molecule has 5 rings (SSSR count). The maximum absolute atomic E-state index is 13.7. The van der Waals surface area contributed by atoms with E-state index in [1.807, 2.05) is 23.9 Å². The van der Waals surface area contributed by atoms with Gasteiger partial charge in [0.05, 0.1) is 12.1 Å². The van der Waals surface area contributed by atoms with Crippen molar-refractivity contribution in [2.45, 2.75) is 50.7 Å². The summed E-state index contributed by atoms with van der Waals surface area (Å²) in [5.74, 6) is 1.99. The first-order valence-corrected chi connectivity index (χ1v) is 14.3. The number of rotatable bonds is 6. The normalized spacial score (nSPS) is 19.2. The van der Waals surface area contributed by atoms with Crippen LogP contribution in [0.5, 0.6) is 0 Å². The van der Waals surface area contributed by atoms with Gasteiger partial charge in [0.15, 0.2) is 5.78 Å². The zero-order valence-corrected chi connectivity index (χ0v) is 20.9. The van der Waals surface area contributed by atoms with Gasteiger partial charge in [0, 0.05) is 35.0 Å². The molecule has 3 aliphatic rings. The van der Waals surface area contributed by atoms with Crippen LogP contribution in [0.1, 0.15) is 64.9 Å². The van der Waals surface area contributed by atoms with Gasteiger partial charge in [-0.25, -0.2) is 0 Å². The third-order valence-corrected chi connectivity index (χ3v) is 9.28. The molecule has 1 aromatic carbocycles. The highest BCUT2D eigenvalue weighted by Gasteiger charge is 2.28. The van der Waals surface area contributed by atoms with Crippen LogP contribution < -0.4 is 10.2 Å². The molecule has 0 bridgehead atoms. The molecule has 3 aliphatic heterocycles. The number of benzene rings is 1. The lowest BCUT2D eigenvalue weighted by Crippen LogP contribution is -2.36. The number of thioether (sulfide) groups is 1. The summed E-state index contributed by atoms with van der Waals surface area (Å²) in [5.41, 5.74) is 3.79. The van der Waals surface area contributed by atoms with Crippen molar-refractivity contribution in [2.75, 3.05) is 48.7 Å². The Bertz CT molecular complexity index is 990. The van der Waals surface area contributed by atoms with Gasteiger partial charge in [-0.15, -0.1) is 11.3 Å². The molecule has 1 aromatic heterocycles. The van der Waals surface area contributed by atoms with Gasteiger partial charge in [0.2, 0.25) is 5.91 Å². The van der Waals surface area contributed by atoms with E-state index in [2.05, 4.69) is 27.2 Å². The van der Waals surface area contributed by atoms with E-state index >= 15 is 0 Å². The Morgan fingerprint density at radius 1 is 0.909 bits per heavy atom. The van der Waals surface area contributed by atoms with Gasteiger partial charge >= 0.3 is 0 Å². The van der Waals surface area contributed by atoms with Crippen molar-refractivity contribution in [3.8, 4) is 0 Å². The minimum Gasteiger partial charge on any atom is -0.372 e. The van der Waals surface area contributed by atoms with Crippen molar-refractivity contribution in [3.05, 3.63) is 45.8 Å². The van der Waals surface area contributed by atoms with Gasteiger partial charge in [0.1, 0.15) is 5.00 Å². The second-order valence-electron chi connectivity index (χ2n) is 9.32. The maximum Gasteiger partial charge on any atom is 0.239 e. The first-order chi connectivity index (χ1) is 16.2. The molecule has 0 aliphatic carbocycles. The third kappa shape index (κ3) is 5.31. The summed E-state index contributed by atoms with van der Waals surface area (Å²) in [5, 5.41) is 3.87. The molecule has 0 spiro atoms. The number of ketones is 1. The highest BCUT2D eigenvalue weighted by Crippen LogP contribution is 2.40. The predicted molar refractivity (Wildman–Crippen MR) is 139 cm³/mol. The summed E-state index contributed by atoms with van der Waals surface area (Å²) in [4.78, 5) is 32.4. The Balaban J connectivity index is 1.36. The average molecular weight is 484 g/mol. The summed E-state index contributed by atoms with van der Waals surface area (Å²) in [6, 6.07) is 8.10. The second kappa shape index (κ2) is 10.6. The molecule has 33 heavy (non-hydrogen) atoms. The zero-order chi connectivity index (χ0) is 22.6. The van der Waals surface area contributed by atoms with Crippen molar-refractivity contribution >= 4 is 45.5 Å². The molecule has 1 amide bonds. The van der Waals surface area contributed by atoms with E-state index in [9.17, 15) is 9.59 Å². The number of carbonyl (C=O) groups excluding carboxylic acids is 2. The Hall–Kier alpha value is -1.83. The van der Waals surface area contributed by atoms with Gasteiger partial charge < -0.3 is 10.2 Å². The van der Waals surface area contributed by atoms with Crippen LogP contribution in [0, 0.1) is 0 Å². The van der Waals surface area contributed by atoms with Crippen molar-refractivity contribution < 1.29 is 9.59 Å². The van der Waals surface area contributed by atoms with E-state index in [4.69, 9.17) is 0 Å². The van der Waals surface area contributed by atoms with Crippen LogP contribution in [-0.2, 0) is 17.0 Å². The van der Waals surface area contributed by atoms with E-state index < -0.39 is 0 Å². The van der Waals surface area contributed by atoms with E-state index in [0.717, 1.165) is 73.1 Å². The van der Waals surface area contributed by atoms with Crippen molar-refractivity contribution in [2.24, 2.45) is 0 Å². The van der Waals surface area contributed by atoms with E-state index in [-0.39, 0.29) is 11.7 Å². The molecule has 2 fully saturated rings. The Morgan fingerprint density at radius 3 is 2.33 bits per heavy atom. The summed E-state index contributed by atoms with van der Waals surface area (Å²) in [6.07, 6.45) is 8.25. The number of amides is 1. The molecular formula is C26H33N3O2S2. The fourth-order valence-electron chi connectivity index (χ4n) is 5.17. The van der Waals surface area contributed by atoms with E-state index in [1.54, 1.807) is 11.3 Å². The largest absolute Gasteiger partial charge is 0.372 e. The number of anilines is 2. The number of likely N-dealkylation sites (tertiary alicyclic amines) is 1. The van der Waals surface area contributed by atoms with Gasteiger partial charge in [0.25, 0.3) is 0 Å². The van der Waals surface area contributed by atoms with Gasteiger partial charge in [-0.2, -0.15) is 11.8 Å². The van der Waals surface area contributed by atoms with Crippen LogP contribution in [0.15, 0.2) is 24.3 Å². The lowest BCUT2D eigenvalue weighted by Gasteiger charge is -2.28. The molecule has 4 heterocycles. The Morgan fingerprint density at radius 2 is 1.61 bits per heavy atom. The first kappa shape index (κ1) is 22.9. The van der Waals surface area contributed by atoms with Crippen molar-refractivity contribution in [1.29, 1.82) is 0 Å². The van der Waals surface area contributed by atoms with Crippen molar-refractivity contribution in [1.82, 2.24) is 4.90 Å². The number of nitrogens with one attached hydrogen (secondary N) is 1. The first-order valence-electron chi connectivity index (χ1n) is 12.3. The lowest BCUT2D eigenvalue weighted by molar-refractivity contribution is -0.117. The fourth-order valence-corrected chi connectivity index (χ4v) is 7.56. The van der Waals surface area contributed by atoms with E-state index in [1.165, 1.54) is 36.2 Å². The minimum absolute atomic E-state index is 0.00218. The van der Waals surface area contributed by atoms with E-state index in [0.29, 0.717) is 12.1 Å². The quantitative estimate of drug-likeness (QED) is 0.574. The Kier molecular flexibility index (Phi) is 7.38. The van der Waals surface area contributed by atoms with Crippen LogP contribution in [0.4, 0.5) is 10.7 Å². The molecule has 7 heteroatoms. The average Bonchev–Trinajstić information content (AvgIpc) is 3.22. The number of fused-ring (bicyclic) bond motifs is 1. The molecule has 2 aromatic rings. The molecule has 0 atom stereocenters. The molecule has 0 saturated carbocycles. The number of hydrogen-bond donors (Lipinski definition) is 1. The van der Waals surface area contributed by atoms with Crippen LogP contribution in [0.2, 0.25) is 0 Å². The molecule has 1 N–H and O–H groups in total. The number of carbonyl (C=O) groups is 2. The number of nitrogens with zero attached hydrogens (tertiary/aromatic N) is 2. The van der Waals surface area contributed by atoms with Gasteiger partial charge in [-0.1, -0.05) is 6.42 Å². The SMILES string of the molecule is O=C(CN1CCCCC1)Nc1sc2c(c1C(=O)c1ccc(N3CCCCC3)cc1)CCSC2. The highest BCUT2D eigenvalue weighted by atomic mass is 32.2. The molecule has 0 radical (unpaired) electrons. The summed E-state index contributed by atoms with van der Waals surface area (Å²) < 4.78 is 0.